The lowest BCUT2D eigenvalue weighted by atomic mass is 10.0. The van der Waals surface area contributed by atoms with Gasteiger partial charge in [-0.1, -0.05) is 17.8 Å². The maximum Gasteiger partial charge on any atom is 0.178 e. The molecule has 7 heteroatoms. The molecule has 0 bridgehead atoms. The number of benzene rings is 1. The van der Waals surface area contributed by atoms with Crippen molar-refractivity contribution in [2.75, 3.05) is 20.4 Å². The highest BCUT2D eigenvalue weighted by Gasteiger charge is 2.55. The molecule has 1 aliphatic heterocycles. The summed E-state index contributed by atoms with van der Waals surface area (Å²) in [5, 5.41) is 11.8. The zero-order valence-corrected chi connectivity index (χ0v) is 13.1. The standard InChI is InChI=1S/C13H16N2O3S2/c1-14-12-15(2)13(16)10-7-9(20(3,17)18)5-4-8(10)6-11(13)19-12/h4-5,7,11,16H,6H2,1-3H3. The number of hydrogen-bond acceptors (Lipinski definition) is 5. The maximum absolute atomic E-state index is 11.7. The first-order valence-corrected chi connectivity index (χ1v) is 8.98. The van der Waals surface area contributed by atoms with E-state index in [0.717, 1.165) is 10.7 Å². The van der Waals surface area contributed by atoms with Crippen molar-refractivity contribution in [2.24, 2.45) is 4.99 Å². The van der Waals surface area contributed by atoms with Gasteiger partial charge in [0.2, 0.25) is 0 Å². The molecule has 1 aromatic rings. The Balaban J connectivity index is 2.18. The van der Waals surface area contributed by atoms with Crippen molar-refractivity contribution >= 4 is 26.8 Å². The third kappa shape index (κ3) is 1.73. The van der Waals surface area contributed by atoms with Crippen LogP contribution in [0, 0.1) is 0 Å². The molecule has 20 heavy (non-hydrogen) atoms. The van der Waals surface area contributed by atoms with E-state index in [1.165, 1.54) is 18.0 Å². The Kier molecular flexibility index (Phi) is 2.94. The summed E-state index contributed by atoms with van der Waals surface area (Å²) in [6.07, 6.45) is 1.89. The summed E-state index contributed by atoms with van der Waals surface area (Å²) in [4.78, 5) is 6.15. The summed E-state index contributed by atoms with van der Waals surface area (Å²) in [5.41, 5.74) is 0.508. The summed E-state index contributed by atoms with van der Waals surface area (Å²) in [5.74, 6) is 0. The summed E-state index contributed by atoms with van der Waals surface area (Å²) in [6, 6.07) is 5.01. The third-order valence-corrected chi connectivity index (χ3v) is 6.55. The van der Waals surface area contributed by atoms with Crippen molar-refractivity contribution in [3.63, 3.8) is 0 Å². The minimum Gasteiger partial charge on any atom is -0.366 e. The van der Waals surface area contributed by atoms with Crippen molar-refractivity contribution in [3.8, 4) is 0 Å². The van der Waals surface area contributed by atoms with Gasteiger partial charge in [0, 0.05) is 25.9 Å². The molecular formula is C13H16N2O3S2. The van der Waals surface area contributed by atoms with E-state index < -0.39 is 15.6 Å². The largest absolute Gasteiger partial charge is 0.366 e. The van der Waals surface area contributed by atoms with Crippen LogP contribution in [0.25, 0.3) is 0 Å². The minimum atomic E-state index is -3.28. The predicted octanol–water partition coefficient (Wildman–Crippen LogP) is 0.824. The van der Waals surface area contributed by atoms with Crippen LogP contribution in [0.1, 0.15) is 11.1 Å². The smallest absolute Gasteiger partial charge is 0.178 e. The van der Waals surface area contributed by atoms with Gasteiger partial charge in [-0.3, -0.25) is 4.99 Å². The van der Waals surface area contributed by atoms with E-state index >= 15 is 0 Å². The molecule has 0 radical (unpaired) electrons. The van der Waals surface area contributed by atoms with E-state index in [1.807, 2.05) is 0 Å². The summed E-state index contributed by atoms with van der Waals surface area (Å²) in [7, 11) is 0.198. The molecule has 5 nitrogen and oxygen atoms in total. The van der Waals surface area contributed by atoms with Crippen LogP contribution < -0.4 is 0 Å². The van der Waals surface area contributed by atoms with Gasteiger partial charge in [0.05, 0.1) is 10.1 Å². The van der Waals surface area contributed by atoms with Crippen LogP contribution in [-0.2, 0) is 22.0 Å². The zero-order chi connectivity index (χ0) is 14.7. The van der Waals surface area contributed by atoms with Crippen LogP contribution in [0.2, 0.25) is 0 Å². The highest BCUT2D eigenvalue weighted by molar-refractivity contribution is 8.14. The molecule has 1 fully saturated rings. The topological polar surface area (TPSA) is 70.0 Å². The van der Waals surface area contributed by atoms with Gasteiger partial charge in [-0.05, 0) is 24.1 Å². The van der Waals surface area contributed by atoms with Crippen molar-refractivity contribution in [2.45, 2.75) is 22.3 Å². The van der Waals surface area contributed by atoms with Gasteiger partial charge in [0.15, 0.2) is 20.7 Å². The second-order valence-electron chi connectivity index (χ2n) is 5.19. The molecule has 0 amide bonds. The molecular weight excluding hydrogens is 296 g/mol. The molecule has 0 spiro atoms. The number of aliphatic hydroxyl groups is 1. The van der Waals surface area contributed by atoms with Crippen LogP contribution >= 0.6 is 11.8 Å². The van der Waals surface area contributed by atoms with Crippen LogP contribution in [0.3, 0.4) is 0 Å². The van der Waals surface area contributed by atoms with Crippen LogP contribution in [0.5, 0.6) is 0 Å². The number of nitrogens with zero attached hydrogens (tertiary/aromatic N) is 2. The molecule has 3 rings (SSSR count). The van der Waals surface area contributed by atoms with Crippen molar-refractivity contribution in [1.82, 2.24) is 4.90 Å². The molecule has 1 aromatic carbocycles. The molecule has 2 unspecified atom stereocenters. The lowest BCUT2D eigenvalue weighted by molar-refractivity contribution is -0.0498. The van der Waals surface area contributed by atoms with Crippen LogP contribution in [0.15, 0.2) is 28.1 Å². The molecule has 108 valence electrons. The van der Waals surface area contributed by atoms with Gasteiger partial charge in [0.25, 0.3) is 0 Å². The SMILES string of the molecule is CN=C1SC2Cc3ccc(S(C)(=O)=O)cc3C2(O)N1C. The highest BCUT2D eigenvalue weighted by Crippen LogP contribution is 2.51. The first kappa shape index (κ1) is 13.9. The molecule has 0 saturated carbocycles. The number of hydrogen-bond donors (Lipinski definition) is 1. The summed E-state index contributed by atoms with van der Waals surface area (Å²) < 4.78 is 23.4. The molecule has 1 saturated heterocycles. The van der Waals surface area contributed by atoms with E-state index in [9.17, 15) is 13.5 Å². The quantitative estimate of drug-likeness (QED) is 0.831. The lowest BCUT2D eigenvalue weighted by Crippen LogP contribution is -2.44. The molecule has 1 heterocycles. The lowest BCUT2D eigenvalue weighted by Gasteiger charge is -2.31. The average Bonchev–Trinajstić information content (AvgIpc) is 2.79. The van der Waals surface area contributed by atoms with E-state index in [2.05, 4.69) is 4.99 Å². The number of thioether (sulfide) groups is 1. The van der Waals surface area contributed by atoms with Crippen molar-refractivity contribution in [3.05, 3.63) is 29.3 Å². The molecule has 1 aliphatic carbocycles. The number of aliphatic imine (C=N–C) groups is 1. The van der Waals surface area contributed by atoms with E-state index in [0.29, 0.717) is 12.0 Å². The fourth-order valence-corrected chi connectivity index (χ4v) is 4.91. The van der Waals surface area contributed by atoms with Crippen molar-refractivity contribution in [1.29, 1.82) is 0 Å². The summed E-state index contributed by atoms with van der Waals surface area (Å²) >= 11 is 1.53. The average molecular weight is 312 g/mol. The van der Waals surface area contributed by atoms with Crippen LogP contribution in [0.4, 0.5) is 0 Å². The van der Waals surface area contributed by atoms with Gasteiger partial charge in [-0.2, -0.15) is 0 Å². The Morgan fingerprint density at radius 1 is 1.50 bits per heavy atom. The first-order valence-electron chi connectivity index (χ1n) is 6.21. The van der Waals surface area contributed by atoms with Crippen molar-refractivity contribution < 1.29 is 13.5 Å². The van der Waals surface area contributed by atoms with Gasteiger partial charge in [-0.25, -0.2) is 8.42 Å². The molecule has 0 aromatic heterocycles. The fourth-order valence-electron chi connectivity index (χ4n) is 2.90. The van der Waals surface area contributed by atoms with Gasteiger partial charge in [-0.15, -0.1) is 0 Å². The highest BCUT2D eigenvalue weighted by atomic mass is 32.2. The minimum absolute atomic E-state index is 0.0454. The molecule has 1 N–H and O–H groups in total. The van der Waals surface area contributed by atoms with E-state index in [1.54, 1.807) is 37.2 Å². The fraction of sp³-hybridized carbons (Fsp3) is 0.462. The zero-order valence-electron chi connectivity index (χ0n) is 11.5. The predicted molar refractivity (Wildman–Crippen MR) is 79.7 cm³/mol. The second-order valence-corrected chi connectivity index (χ2v) is 8.38. The maximum atomic E-state index is 11.7. The van der Waals surface area contributed by atoms with Gasteiger partial charge >= 0.3 is 0 Å². The van der Waals surface area contributed by atoms with Gasteiger partial charge in [0.1, 0.15) is 0 Å². The van der Waals surface area contributed by atoms with Crippen LogP contribution in [-0.4, -0.2) is 49.2 Å². The second kappa shape index (κ2) is 4.22. The Labute approximate surface area is 122 Å². The number of amidine groups is 1. The normalized spacial score (nSPS) is 30.7. The Bertz CT molecular complexity index is 714. The molecule has 2 aliphatic rings. The Hall–Kier alpha value is -1.05. The number of fused-ring (bicyclic) bond motifs is 3. The Morgan fingerprint density at radius 3 is 2.80 bits per heavy atom. The summed E-state index contributed by atoms with van der Waals surface area (Å²) in [6.45, 7) is 0. The number of rotatable bonds is 1. The molecule has 2 atom stereocenters. The third-order valence-electron chi connectivity index (χ3n) is 4.00. The van der Waals surface area contributed by atoms with E-state index in [4.69, 9.17) is 0 Å². The monoisotopic (exact) mass is 312 g/mol. The first-order chi connectivity index (χ1) is 9.28. The number of sulfone groups is 1. The van der Waals surface area contributed by atoms with E-state index in [-0.39, 0.29) is 10.1 Å². The van der Waals surface area contributed by atoms with Gasteiger partial charge < -0.3 is 10.0 Å². The Morgan fingerprint density at radius 2 is 2.20 bits per heavy atom.